The summed E-state index contributed by atoms with van der Waals surface area (Å²) in [6.45, 7) is 8.59. The third-order valence-electron chi connectivity index (χ3n) is 4.86. The van der Waals surface area contributed by atoms with E-state index < -0.39 is 10.2 Å². The number of nitrogens with zero attached hydrogens (tertiary/aromatic N) is 2. The van der Waals surface area contributed by atoms with Crippen LogP contribution >= 0.6 is 0 Å². The molecule has 2 rings (SSSR count). The first-order valence-electron chi connectivity index (χ1n) is 8.53. The van der Waals surface area contributed by atoms with Crippen LogP contribution in [0.1, 0.15) is 46.0 Å². The standard InChI is InChI=1S/C15H31N3O2S/c1-3-16-11-15-9-6-10-18(13-15)21(19,20)17(4-2)12-14-7-5-8-14/h14-16H,3-13H2,1-2H3. The Hall–Kier alpha value is -0.170. The van der Waals surface area contributed by atoms with E-state index in [1.54, 1.807) is 8.61 Å². The summed E-state index contributed by atoms with van der Waals surface area (Å²) < 4.78 is 29.1. The van der Waals surface area contributed by atoms with Gasteiger partial charge in [0, 0.05) is 26.2 Å². The topological polar surface area (TPSA) is 52.7 Å². The van der Waals surface area contributed by atoms with Gasteiger partial charge in [-0.15, -0.1) is 0 Å². The van der Waals surface area contributed by atoms with Gasteiger partial charge in [0.05, 0.1) is 0 Å². The van der Waals surface area contributed by atoms with Crippen LogP contribution in [0.25, 0.3) is 0 Å². The molecular weight excluding hydrogens is 286 g/mol. The van der Waals surface area contributed by atoms with Gasteiger partial charge in [-0.2, -0.15) is 17.0 Å². The van der Waals surface area contributed by atoms with Gasteiger partial charge in [0.15, 0.2) is 0 Å². The normalized spacial score (nSPS) is 25.2. The van der Waals surface area contributed by atoms with Gasteiger partial charge in [0.25, 0.3) is 10.2 Å². The van der Waals surface area contributed by atoms with E-state index >= 15 is 0 Å². The summed E-state index contributed by atoms with van der Waals surface area (Å²) in [6.07, 6.45) is 5.75. The monoisotopic (exact) mass is 317 g/mol. The Labute approximate surface area is 130 Å². The van der Waals surface area contributed by atoms with Crippen molar-refractivity contribution in [3.05, 3.63) is 0 Å². The molecule has 0 bridgehead atoms. The van der Waals surface area contributed by atoms with Crippen LogP contribution < -0.4 is 5.32 Å². The van der Waals surface area contributed by atoms with Crippen molar-refractivity contribution in [1.29, 1.82) is 0 Å². The molecule has 0 spiro atoms. The zero-order valence-corrected chi connectivity index (χ0v) is 14.4. The molecule has 1 heterocycles. The molecule has 6 heteroatoms. The van der Waals surface area contributed by atoms with E-state index in [2.05, 4.69) is 12.2 Å². The first kappa shape index (κ1) is 17.2. The largest absolute Gasteiger partial charge is 0.317 e. The van der Waals surface area contributed by atoms with Crippen LogP contribution in [0.4, 0.5) is 0 Å². The summed E-state index contributed by atoms with van der Waals surface area (Å²) in [5.74, 6) is 1.04. The van der Waals surface area contributed by atoms with E-state index in [1.165, 1.54) is 19.3 Å². The lowest BCUT2D eigenvalue weighted by molar-refractivity contribution is 0.216. The van der Waals surface area contributed by atoms with Gasteiger partial charge in [-0.1, -0.05) is 20.3 Å². The molecule has 1 saturated carbocycles. The highest BCUT2D eigenvalue weighted by Crippen LogP contribution is 2.29. The van der Waals surface area contributed by atoms with Crippen LogP contribution in [0.15, 0.2) is 0 Å². The molecule has 2 aliphatic rings. The van der Waals surface area contributed by atoms with Gasteiger partial charge in [-0.3, -0.25) is 0 Å². The van der Waals surface area contributed by atoms with Crippen molar-refractivity contribution in [1.82, 2.24) is 13.9 Å². The van der Waals surface area contributed by atoms with Gasteiger partial charge in [0.2, 0.25) is 0 Å². The van der Waals surface area contributed by atoms with Gasteiger partial charge >= 0.3 is 0 Å². The van der Waals surface area contributed by atoms with Crippen molar-refractivity contribution in [3.8, 4) is 0 Å². The molecule has 1 atom stereocenters. The SMILES string of the molecule is CCNCC1CCCN(S(=O)(=O)N(CC)CC2CCC2)C1. The van der Waals surface area contributed by atoms with Crippen LogP contribution in [0.2, 0.25) is 0 Å². The number of nitrogens with one attached hydrogen (secondary N) is 1. The summed E-state index contributed by atoms with van der Waals surface area (Å²) in [5, 5.41) is 3.35. The van der Waals surface area contributed by atoms with Gasteiger partial charge in [-0.05, 0) is 50.6 Å². The first-order valence-corrected chi connectivity index (χ1v) is 9.93. The predicted octanol–water partition coefficient (Wildman–Crippen LogP) is 1.67. The Kier molecular flexibility index (Phi) is 6.47. The summed E-state index contributed by atoms with van der Waals surface area (Å²) in [4.78, 5) is 0. The Balaban J connectivity index is 1.95. The molecule has 2 fully saturated rings. The molecule has 1 unspecified atom stereocenters. The quantitative estimate of drug-likeness (QED) is 0.741. The lowest BCUT2D eigenvalue weighted by Gasteiger charge is -2.37. The fourth-order valence-corrected chi connectivity index (χ4v) is 5.08. The smallest absolute Gasteiger partial charge is 0.281 e. The molecule has 5 nitrogen and oxygen atoms in total. The summed E-state index contributed by atoms with van der Waals surface area (Å²) in [6, 6.07) is 0. The fraction of sp³-hybridized carbons (Fsp3) is 1.00. The summed E-state index contributed by atoms with van der Waals surface area (Å²) >= 11 is 0. The van der Waals surface area contributed by atoms with Crippen molar-refractivity contribution < 1.29 is 8.42 Å². The zero-order valence-electron chi connectivity index (χ0n) is 13.6. The third kappa shape index (κ3) is 4.41. The minimum Gasteiger partial charge on any atom is -0.317 e. The average molecular weight is 317 g/mol. The van der Waals surface area contributed by atoms with E-state index in [9.17, 15) is 8.42 Å². The molecule has 0 aromatic rings. The second kappa shape index (κ2) is 7.90. The first-order chi connectivity index (χ1) is 10.1. The van der Waals surface area contributed by atoms with E-state index in [4.69, 9.17) is 0 Å². The van der Waals surface area contributed by atoms with Crippen molar-refractivity contribution in [2.24, 2.45) is 11.8 Å². The van der Waals surface area contributed by atoms with Crippen LogP contribution in [-0.4, -0.2) is 56.3 Å². The predicted molar refractivity (Wildman–Crippen MR) is 86.3 cm³/mol. The van der Waals surface area contributed by atoms with Crippen LogP contribution in [-0.2, 0) is 10.2 Å². The molecule has 21 heavy (non-hydrogen) atoms. The van der Waals surface area contributed by atoms with Crippen LogP contribution in [0, 0.1) is 11.8 Å². The Morgan fingerprint density at radius 3 is 2.43 bits per heavy atom. The van der Waals surface area contributed by atoms with Crippen LogP contribution in [0.3, 0.4) is 0 Å². The lowest BCUT2D eigenvalue weighted by Crippen LogP contribution is -2.50. The molecule has 1 saturated heterocycles. The highest BCUT2D eigenvalue weighted by molar-refractivity contribution is 7.86. The maximum Gasteiger partial charge on any atom is 0.281 e. The number of hydrogen-bond acceptors (Lipinski definition) is 3. The Bertz CT molecular complexity index is 409. The van der Waals surface area contributed by atoms with Crippen LogP contribution in [0.5, 0.6) is 0 Å². The minimum absolute atomic E-state index is 0.455. The molecule has 1 aliphatic heterocycles. The lowest BCUT2D eigenvalue weighted by atomic mass is 9.85. The number of rotatable bonds is 8. The highest BCUT2D eigenvalue weighted by Gasteiger charge is 2.34. The van der Waals surface area contributed by atoms with Gasteiger partial charge < -0.3 is 5.32 Å². The molecule has 124 valence electrons. The van der Waals surface area contributed by atoms with Crippen molar-refractivity contribution in [3.63, 3.8) is 0 Å². The third-order valence-corrected chi connectivity index (χ3v) is 6.90. The minimum atomic E-state index is -3.26. The Morgan fingerprint density at radius 1 is 1.14 bits per heavy atom. The van der Waals surface area contributed by atoms with Gasteiger partial charge in [-0.25, -0.2) is 0 Å². The summed E-state index contributed by atoms with van der Waals surface area (Å²) in [7, 11) is -3.26. The molecule has 1 aliphatic carbocycles. The van der Waals surface area contributed by atoms with E-state index in [0.29, 0.717) is 38.0 Å². The van der Waals surface area contributed by atoms with Gasteiger partial charge in [0.1, 0.15) is 0 Å². The maximum absolute atomic E-state index is 12.8. The second-order valence-corrected chi connectivity index (χ2v) is 8.36. The summed E-state index contributed by atoms with van der Waals surface area (Å²) in [5.41, 5.74) is 0. The van der Waals surface area contributed by atoms with E-state index in [0.717, 1.165) is 25.9 Å². The molecule has 1 N–H and O–H groups in total. The Morgan fingerprint density at radius 2 is 1.86 bits per heavy atom. The molecule has 0 radical (unpaired) electrons. The van der Waals surface area contributed by atoms with Crippen molar-refractivity contribution in [2.45, 2.75) is 46.0 Å². The molecule has 0 aromatic heterocycles. The molecule has 0 aromatic carbocycles. The zero-order chi connectivity index (χ0) is 15.3. The molecular formula is C15H31N3O2S. The van der Waals surface area contributed by atoms with Crippen molar-refractivity contribution in [2.75, 3.05) is 39.3 Å². The number of hydrogen-bond donors (Lipinski definition) is 1. The van der Waals surface area contributed by atoms with E-state index in [-0.39, 0.29) is 0 Å². The second-order valence-electron chi connectivity index (χ2n) is 6.43. The van der Waals surface area contributed by atoms with E-state index in [1.807, 2.05) is 6.92 Å². The fourth-order valence-electron chi connectivity index (χ4n) is 3.26. The highest BCUT2D eigenvalue weighted by atomic mass is 32.2. The molecule has 0 amide bonds. The number of piperidine rings is 1. The average Bonchev–Trinajstić information content (AvgIpc) is 2.44. The maximum atomic E-state index is 12.8. The van der Waals surface area contributed by atoms with Crippen molar-refractivity contribution >= 4 is 10.2 Å².